The number of likely N-dealkylation sites (tertiary alicyclic amines) is 1. The second-order valence-electron chi connectivity index (χ2n) is 7.59. The van der Waals surface area contributed by atoms with Crippen LogP contribution in [0.3, 0.4) is 0 Å². The molecule has 1 amide bonds. The average molecular weight is 414 g/mol. The summed E-state index contributed by atoms with van der Waals surface area (Å²) in [6.45, 7) is 7.64. The van der Waals surface area contributed by atoms with Crippen molar-refractivity contribution in [3.8, 4) is 11.3 Å². The molecular formula is C20H29Cl2N3O2. The van der Waals surface area contributed by atoms with Gasteiger partial charge in [-0.15, -0.1) is 24.8 Å². The molecule has 1 saturated heterocycles. The summed E-state index contributed by atoms with van der Waals surface area (Å²) in [6, 6.07) is 10.1. The van der Waals surface area contributed by atoms with E-state index < -0.39 is 0 Å². The number of oxazole rings is 1. The summed E-state index contributed by atoms with van der Waals surface area (Å²) < 4.78 is 5.89. The summed E-state index contributed by atoms with van der Waals surface area (Å²) in [5.74, 6) is 1.56. The van der Waals surface area contributed by atoms with Gasteiger partial charge in [-0.1, -0.05) is 44.2 Å². The highest BCUT2D eigenvalue weighted by Crippen LogP contribution is 2.28. The summed E-state index contributed by atoms with van der Waals surface area (Å²) >= 11 is 0. The van der Waals surface area contributed by atoms with E-state index in [9.17, 15) is 4.79 Å². The summed E-state index contributed by atoms with van der Waals surface area (Å²) in [5.41, 5.74) is 7.99. The van der Waals surface area contributed by atoms with Gasteiger partial charge in [-0.3, -0.25) is 4.79 Å². The molecule has 2 N–H and O–H groups in total. The third-order valence-corrected chi connectivity index (χ3v) is 5.09. The molecule has 0 bridgehead atoms. The predicted octanol–water partition coefficient (Wildman–Crippen LogP) is 4.01. The normalized spacial score (nSPS) is 18.4. The number of nitrogens with two attached hydrogens (primary N) is 1. The van der Waals surface area contributed by atoms with E-state index >= 15 is 0 Å². The number of carbonyl (C=O) groups excluding carboxylic acids is 1. The van der Waals surface area contributed by atoms with E-state index in [1.807, 2.05) is 42.2 Å². The van der Waals surface area contributed by atoms with Crippen molar-refractivity contribution in [3.63, 3.8) is 0 Å². The van der Waals surface area contributed by atoms with Crippen LogP contribution in [0.2, 0.25) is 0 Å². The van der Waals surface area contributed by atoms with Gasteiger partial charge in [0.2, 0.25) is 5.91 Å². The number of hydrogen-bond acceptors (Lipinski definition) is 4. The monoisotopic (exact) mass is 413 g/mol. The minimum atomic E-state index is -0.0338. The molecule has 0 spiro atoms. The van der Waals surface area contributed by atoms with E-state index in [0.717, 1.165) is 30.0 Å². The number of rotatable bonds is 4. The zero-order chi connectivity index (χ0) is 18.0. The summed E-state index contributed by atoms with van der Waals surface area (Å²) in [6.07, 6.45) is 1.80. The zero-order valence-electron chi connectivity index (χ0n) is 16.1. The molecule has 27 heavy (non-hydrogen) atoms. The lowest BCUT2D eigenvalue weighted by Crippen LogP contribution is -2.54. The Kier molecular flexibility index (Phi) is 8.33. The molecule has 1 aliphatic rings. The molecule has 1 aromatic carbocycles. The van der Waals surface area contributed by atoms with Crippen molar-refractivity contribution in [3.05, 3.63) is 41.9 Å². The number of piperidine rings is 1. The Morgan fingerprint density at radius 3 is 2.59 bits per heavy atom. The van der Waals surface area contributed by atoms with Crippen molar-refractivity contribution in [2.75, 3.05) is 13.1 Å². The van der Waals surface area contributed by atoms with Crippen LogP contribution in [0.5, 0.6) is 0 Å². The van der Waals surface area contributed by atoms with Crippen LogP contribution in [0.25, 0.3) is 11.3 Å². The molecule has 0 saturated carbocycles. The van der Waals surface area contributed by atoms with Crippen LogP contribution in [-0.2, 0) is 11.2 Å². The van der Waals surface area contributed by atoms with E-state index in [-0.39, 0.29) is 42.2 Å². The fourth-order valence-corrected chi connectivity index (χ4v) is 3.38. The molecule has 0 aliphatic carbocycles. The van der Waals surface area contributed by atoms with Gasteiger partial charge in [0.15, 0.2) is 11.7 Å². The van der Waals surface area contributed by atoms with Crippen LogP contribution in [0.15, 0.2) is 34.7 Å². The van der Waals surface area contributed by atoms with Crippen molar-refractivity contribution in [2.45, 2.75) is 46.1 Å². The smallest absolute Gasteiger partial charge is 0.223 e. The zero-order valence-corrected chi connectivity index (χ0v) is 17.7. The fraction of sp³-hybridized carbons (Fsp3) is 0.500. The highest BCUT2D eigenvalue weighted by molar-refractivity contribution is 5.85. The topological polar surface area (TPSA) is 72.4 Å². The summed E-state index contributed by atoms with van der Waals surface area (Å²) in [5, 5.41) is 0. The fourth-order valence-electron chi connectivity index (χ4n) is 3.38. The molecule has 150 valence electrons. The Labute approximate surface area is 173 Å². The summed E-state index contributed by atoms with van der Waals surface area (Å²) in [4.78, 5) is 19.0. The third-order valence-electron chi connectivity index (χ3n) is 5.09. The van der Waals surface area contributed by atoms with Crippen molar-refractivity contribution in [1.82, 2.24) is 9.88 Å². The van der Waals surface area contributed by atoms with E-state index in [1.54, 1.807) is 0 Å². The van der Waals surface area contributed by atoms with Gasteiger partial charge in [-0.2, -0.15) is 0 Å². The Bertz CT molecular complexity index is 747. The number of carbonyl (C=O) groups is 1. The van der Waals surface area contributed by atoms with Crippen LogP contribution in [0, 0.1) is 12.3 Å². The highest BCUT2D eigenvalue weighted by Gasteiger charge is 2.35. The van der Waals surface area contributed by atoms with Gasteiger partial charge in [-0.05, 0) is 18.8 Å². The Balaban J connectivity index is 0.00000182. The first-order valence-corrected chi connectivity index (χ1v) is 8.92. The van der Waals surface area contributed by atoms with Crippen LogP contribution in [-0.4, -0.2) is 34.9 Å². The second kappa shape index (κ2) is 9.58. The number of benzene rings is 1. The van der Waals surface area contributed by atoms with Crippen LogP contribution >= 0.6 is 24.8 Å². The minimum Gasteiger partial charge on any atom is -0.440 e. The number of halogens is 2. The Morgan fingerprint density at radius 1 is 1.30 bits per heavy atom. The molecule has 1 atom stereocenters. The first-order valence-electron chi connectivity index (χ1n) is 8.92. The van der Waals surface area contributed by atoms with Gasteiger partial charge in [0.1, 0.15) is 0 Å². The molecule has 1 aromatic heterocycles. The van der Waals surface area contributed by atoms with Crippen molar-refractivity contribution >= 4 is 30.7 Å². The maximum Gasteiger partial charge on any atom is 0.223 e. The van der Waals surface area contributed by atoms with E-state index in [2.05, 4.69) is 18.8 Å². The molecule has 5 nitrogen and oxygen atoms in total. The quantitative estimate of drug-likeness (QED) is 0.821. The highest BCUT2D eigenvalue weighted by atomic mass is 35.5. The maximum atomic E-state index is 12.5. The van der Waals surface area contributed by atoms with Gasteiger partial charge in [0.25, 0.3) is 0 Å². The number of hydrogen-bond donors (Lipinski definition) is 1. The van der Waals surface area contributed by atoms with Crippen molar-refractivity contribution in [1.29, 1.82) is 0 Å². The SMILES string of the molecule is Cc1nc(CCC(=O)N2CCC(N)C(C)(C)C2)oc1-c1ccccc1.Cl.Cl. The number of aromatic nitrogens is 1. The molecule has 3 rings (SSSR count). The lowest BCUT2D eigenvalue weighted by atomic mass is 9.79. The van der Waals surface area contributed by atoms with Crippen molar-refractivity contribution < 1.29 is 9.21 Å². The van der Waals surface area contributed by atoms with E-state index in [1.165, 1.54) is 0 Å². The molecule has 7 heteroatoms. The Hall–Kier alpha value is -1.56. The van der Waals surface area contributed by atoms with Gasteiger partial charge in [0.05, 0.1) is 5.69 Å². The van der Waals surface area contributed by atoms with E-state index in [4.69, 9.17) is 10.2 Å². The van der Waals surface area contributed by atoms with Crippen LogP contribution in [0.4, 0.5) is 0 Å². The molecule has 2 heterocycles. The number of amides is 1. The Morgan fingerprint density at radius 2 is 1.96 bits per heavy atom. The van der Waals surface area contributed by atoms with Crippen LogP contribution in [0.1, 0.15) is 38.3 Å². The molecular weight excluding hydrogens is 385 g/mol. The third kappa shape index (κ3) is 5.47. The predicted molar refractivity (Wildman–Crippen MR) is 112 cm³/mol. The first-order chi connectivity index (χ1) is 11.9. The van der Waals surface area contributed by atoms with E-state index in [0.29, 0.717) is 25.3 Å². The molecule has 2 aromatic rings. The van der Waals surface area contributed by atoms with Gasteiger partial charge < -0.3 is 15.1 Å². The second-order valence-corrected chi connectivity index (χ2v) is 7.59. The summed E-state index contributed by atoms with van der Waals surface area (Å²) in [7, 11) is 0. The first kappa shape index (κ1) is 23.5. The van der Waals surface area contributed by atoms with Gasteiger partial charge in [-0.25, -0.2) is 4.98 Å². The lowest BCUT2D eigenvalue weighted by molar-refractivity contribution is -0.134. The molecule has 1 aliphatic heterocycles. The molecule has 0 radical (unpaired) electrons. The van der Waals surface area contributed by atoms with Crippen molar-refractivity contribution in [2.24, 2.45) is 11.1 Å². The van der Waals surface area contributed by atoms with Crippen LogP contribution < -0.4 is 5.73 Å². The van der Waals surface area contributed by atoms with Gasteiger partial charge >= 0.3 is 0 Å². The minimum absolute atomic E-state index is 0. The largest absolute Gasteiger partial charge is 0.440 e. The molecule has 1 fully saturated rings. The van der Waals surface area contributed by atoms with Gasteiger partial charge in [0, 0.05) is 37.5 Å². The number of nitrogens with zero attached hydrogens (tertiary/aromatic N) is 2. The standard InChI is InChI=1S/C20H27N3O2.2ClH/c1-14-19(15-7-5-4-6-8-15)25-17(22-14)9-10-18(24)23-12-11-16(21)20(2,3)13-23;;/h4-8,16H,9-13,21H2,1-3H3;2*1H. The average Bonchev–Trinajstić information content (AvgIpc) is 2.96. The maximum absolute atomic E-state index is 12.5. The molecule has 1 unspecified atom stereocenters. The number of aryl methyl sites for hydroxylation is 2. The lowest BCUT2D eigenvalue weighted by Gasteiger charge is -2.42.